The first-order valence-electron chi connectivity index (χ1n) is 2.52. The molecular formula is C3H12MgO7Si. The van der Waals surface area contributed by atoms with Crippen molar-refractivity contribution in [2.75, 3.05) is 6.61 Å². The topological polar surface area (TPSA) is 127 Å². The fraction of sp³-hybridized carbons (Fsp3) is 0.667. The van der Waals surface area contributed by atoms with Gasteiger partial charge in [-0.3, -0.25) is 0 Å². The highest BCUT2D eigenvalue weighted by molar-refractivity contribution is 6.48. The molecule has 0 aromatic heterocycles. The predicted molar refractivity (Wildman–Crippen MR) is 43.2 cm³/mol. The minimum absolute atomic E-state index is 0. The average Bonchev–Trinajstić information content (AvgIpc) is 1.58. The summed E-state index contributed by atoms with van der Waals surface area (Å²) < 4.78 is 4.03. The molecule has 0 fully saturated rings. The van der Waals surface area contributed by atoms with Gasteiger partial charge in [-0.1, -0.05) is 0 Å². The van der Waals surface area contributed by atoms with Gasteiger partial charge in [-0.05, 0) is 6.92 Å². The van der Waals surface area contributed by atoms with E-state index in [1.54, 1.807) is 6.92 Å². The van der Waals surface area contributed by atoms with E-state index < -0.39 is 15.2 Å². The third-order valence-corrected chi connectivity index (χ3v) is 1.01. The molecule has 0 spiro atoms. The zero-order chi connectivity index (χ0) is 9.49. The molecule has 5 N–H and O–H groups in total. The Balaban J connectivity index is -0.000000142. The summed E-state index contributed by atoms with van der Waals surface area (Å²) in [6.07, 6.45) is -1.83. The molecule has 0 saturated carbocycles. The molecule has 0 radical (unpaired) electrons. The van der Waals surface area contributed by atoms with Crippen LogP contribution in [0.1, 0.15) is 6.92 Å². The first kappa shape index (κ1) is 18.0. The van der Waals surface area contributed by atoms with Crippen molar-refractivity contribution in [1.82, 2.24) is 0 Å². The number of rotatable bonds is 2. The Hall–Kier alpha value is 0.0931. The summed E-state index contributed by atoms with van der Waals surface area (Å²) in [4.78, 5) is 32.7. The van der Waals surface area contributed by atoms with Gasteiger partial charge >= 0.3 is 38.3 Å². The van der Waals surface area contributed by atoms with Crippen LogP contribution in [-0.2, 0) is 4.43 Å². The molecule has 9 heteroatoms. The highest BCUT2D eigenvalue weighted by Gasteiger charge is 2.28. The van der Waals surface area contributed by atoms with Crippen molar-refractivity contribution >= 4 is 38.3 Å². The van der Waals surface area contributed by atoms with E-state index in [1.165, 1.54) is 0 Å². The van der Waals surface area contributed by atoms with Crippen molar-refractivity contribution in [3.8, 4) is 0 Å². The van der Waals surface area contributed by atoms with Gasteiger partial charge in [0.05, 0.1) is 0 Å². The molecule has 7 nitrogen and oxygen atoms in total. The van der Waals surface area contributed by atoms with Crippen LogP contribution in [0.3, 0.4) is 0 Å². The number of hydrogen-bond acceptors (Lipinski definition) is 5. The molecule has 0 heterocycles. The summed E-state index contributed by atoms with van der Waals surface area (Å²) in [6, 6.07) is 0. The lowest BCUT2D eigenvalue weighted by atomic mass is 10.9. The zero-order valence-corrected chi connectivity index (χ0v) is 6.76. The summed E-state index contributed by atoms with van der Waals surface area (Å²) in [6.45, 7) is 1.68. The van der Waals surface area contributed by atoms with Gasteiger partial charge in [0.1, 0.15) is 0 Å². The van der Waals surface area contributed by atoms with Crippen LogP contribution >= 0.6 is 0 Å². The number of carbonyl (C=O) groups is 1. The van der Waals surface area contributed by atoms with Gasteiger partial charge in [0.25, 0.3) is 0 Å². The Kier molecular flexibility index (Phi) is 13.8. The van der Waals surface area contributed by atoms with Crippen molar-refractivity contribution in [3.63, 3.8) is 0 Å². The molecule has 0 aliphatic heterocycles. The van der Waals surface area contributed by atoms with Crippen molar-refractivity contribution in [3.05, 3.63) is 0 Å². The van der Waals surface area contributed by atoms with Gasteiger partial charge in [0.15, 0.2) is 0 Å². The molecule has 0 aliphatic rings. The van der Waals surface area contributed by atoms with Gasteiger partial charge < -0.3 is 29.0 Å². The number of carboxylic acid groups (broad SMARTS) is 2. The van der Waals surface area contributed by atoms with E-state index in [9.17, 15) is 0 Å². The van der Waals surface area contributed by atoms with Crippen LogP contribution in [0.25, 0.3) is 0 Å². The monoisotopic (exact) mass is 212 g/mol. The molecule has 12 heavy (non-hydrogen) atoms. The molecule has 0 rings (SSSR count). The lowest BCUT2D eigenvalue weighted by molar-refractivity contribution is 0.0687. The van der Waals surface area contributed by atoms with E-state index in [-0.39, 0.29) is 29.7 Å². The SMILES string of the molecule is CCO[Si](O)(O)O.O=C(O)O.[MgH2]. The summed E-state index contributed by atoms with van der Waals surface area (Å²) in [5.41, 5.74) is 0. The maximum atomic E-state index is 8.56. The van der Waals surface area contributed by atoms with Crippen LogP contribution in [-0.4, -0.2) is 69.5 Å². The first-order valence-corrected chi connectivity index (χ1v) is 4.27. The summed E-state index contributed by atoms with van der Waals surface area (Å²) >= 11 is 0. The van der Waals surface area contributed by atoms with Crippen LogP contribution in [0.5, 0.6) is 0 Å². The van der Waals surface area contributed by atoms with E-state index >= 15 is 0 Å². The van der Waals surface area contributed by atoms with Crippen LogP contribution < -0.4 is 0 Å². The minimum Gasteiger partial charge on any atom is -0.450 e. The molecule has 0 amide bonds. The Morgan fingerprint density at radius 3 is 1.58 bits per heavy atom. The molecule has 0 bridgehead atoms. The third kappa shape index (κ3) is 49.8. The molecule has 0 saturated heterocycles. The van der Waals surface area contributed by atoms with Crippen molar-refractivity contribution in [2.45, 2.75) is 6.92 Å². The fourth-order valence-corrected chi connectivity index (χ4v) is 0.581. The smallest absolute Gasteiger partial charge is 0.450 e. The lowest BCUT2D eigenvalue weighted by Crippen LogP contribution is -2.38. The molecule has 0 aromatic rings. The van der Waals surface area contributed by atoms with E-state index in [2.05, 4.69) is 4.43 Å². The van der Waals surface area contributed by atoms with Gasteiger partial charge in [0.2, 0.25) is 0 Å². The largest absolute Gasteiger partial charge is 0.671 e. The van der Waals surface area contributed by atoms with Gasteiger partial charge in [-0.25, -0.2) is 4.79 Å². The lowest BCUT2D eigenvalue weighted by Gasteiger charge is -2.05. The van der Waals surface area contributed by atoms with Crippen molar-refractivity contribution in [1.29, 1.82) is 0 Å². The normalized spacial score (nSPS) is 9.00. The maximum absolute atomic E-state index is 8.56. The van der Waals surface area contributed by atoms with E-state index in [0.717, 1.165) is 0 Å². The van der Waals surface area contributed by atoms with Crippen molar-refractivity contribution < 1.29 is 33.8 Å². The van der Waals surface area contributed by atoms with Gasteiger partial charge in [-0.15, -0.1) is 0 Å². The summed E-state index contributed by atoms with van der Waals surface area (Å²) in [5, 5.41) is 13.9. The average molecular weight is 213 g/mol. The number of hydrogen-bond donors (Lipinski definition) is 5. The molecule has 0 atom stereocenters. The summed E-state index contributed by atoms with van der Waals surface area (Å²) in [7, 11) is -4.16. The molecule has 0 aliphatic carbocycles. The standard InChI is InChI=1S/C2H8O4Si.CH2O3.Mg.2H/c1-2-6-7(3,4)5;2-1(3)4;;;/h3-5H,2H2,1H3;(H2,2,3,4);;;. The molecular weight excluding hydrogens is 200 g/mol. The predicted octanol–water partition coefficient (Wildman–Crippen LogP) is -2.26. The zero-order valence-electron chi connectivity index (χ0n) is 5.76. The minimum atomic E-state index is -4.16. The molecule has 0 aromatic carbocycles. The van der Waals surface area contributed by atoms with Crippen LogP contribution in [0.4, 0.5) is 4.79 Å². The Labute approximate surface area is 85.9 Å². The van der Waals surface area contributed by atoms with Gasteiger partial charge in [-0.2, -0.15) is 0 Å². The quantitative estimate of drug-likeness (QED) is 0.327. The Bertz CT molecular complexity index is 108. The molecule has 72 valence electrons. The highest BCUT2D eigenvalue weighted by Crippen LogP contribution is 1.85. The first-order chi connectivity index (χ1) is 4.79. The Morgan fingerprint density at radius 2 is 1.58 bits per heavy atom. The van der Waals surface area contributed by atoms with Gasteiger partial charge in [0, 0.05) is 6.61 Å². The third-order valence-electron chi connectivity index (χ3n) is 0.338. The van der Waals surface area contributed by atoms with Crippen molar-refractivity contribution in [2.24, 2.45) is 0 Å². The Morgan fingerprint density at radius 1 is 1.33 bits per heavy atom. The fourth-order valence-electron chi connectivity index (χ4n) is 0.194. The highest BCUT2D eigenvalue weighted by atomic mass is 28.4. The second-order valence-corrected chi connectivity index (χ2v) is 2.73. The maximum Gasteiger partial charge on any atom is 0.671 e. The van der Waals surface area contributed by atoms with E-state index in [0.29, 0.717) is 0 Å². The van der Waals surface area contributed by atoms with Crippen LogP contribution in [0.2, 0.25) is 0 Å². The second kappa shape index (κ2) is 9.18. The van der Waals surface area contributed by atoms with E-state index in [4.69, 9.17) is 29.4 Å². The van der Waals surface area contributed by atoms with Crippen LogP contribution in [0.15, 0.2) is 0 Å². The second-order valence-electron chi connectivity index (χ2n) is 1.29. The van der Waals surface area contributed by atoms with Crippen LogP contribution in [0, 0.1) is 0 Å². The van der Waals surface area contributed by atoms with E-state index in [1.807, 2.05) is 0 Å². The summed E-state index contributed by atoms with van der Waals surface area (Å²) in [5.74, 6) is 0. The molecule has 0 unspecified atom stereocenters.